The second kappa shape index (κ2) is 6.27. The van der Waals surface area contributed by atoms with Gasteiger partial charge in [0.1, 0.15) is 0 Å². The van der Waals surface area contributed by atoms with Gasteiger partial charge in [0.2, 0.25) is 3.79 Å². The number of nitrogens with two attached hydrogens (primary N) is 1. The van der Waals surface area contributed by atoms with Crippen LogP contribution in [0.5, 0.6) is 0 Å². The van der Waals surface area contributed by atoms with Crippen LogP contribution in [-0.2, 0) is 6.42 Å². The van der Waals surface area contributed by atoms with Crippen molar-refractivity contribution in [3.63, 3.8) is 0 Å². The fourth-order valence-corrected chi connectivity index (χ4v) is 1.86. The van der Waals surface area contributed by atoms with Crippen molar-refractivity contribution in [3.8, 4) is 0 Å². The summed E-state index contributed by atoms with van der Waals surface area (Å²) >= 11 is 19.2. The van der Waals surface area contributed by atoms with Gasteiger partial charge in [0.25, 0.3) is 0 Å². The van der Waals surface area contributed by atoms with E-state index < -0.39 is 3.79 Å². The molecule has 0 fully saturated rings. The molecule has 92 valence electrons. The van der Waals surface area contributed by atoms with E-state index in [1.165, 1.54) is 0 Å². The first-order chi connectivity index (χ1) is 7.84. The van der Waals surface area contributed by atoms with Crippen LogP contribution in [0.1, 0.15) is 5.56 Å². The van der Waals surface area contributed by atoms with E-state index in [4.69, 9.17) is 40.5 Å². The summed E-state index contributed by atoms with van der Waals surface area (Å²) in [5, 5.41) is 0. The zero-order valence-corrected chi connectivity index (χ0v) is 13.2. The van der Waals surface area contributed by atoms with Gasteiger partial charge in [-0.25, -0.2) is 4.99 Å². The molecule has 0 unspecified atom stereocenters. The highest BCUT2D eigenvalue weighted by Gasteiger charge is 2.25. The molecule has 0 aliphatic carbocycles. The average Bonchev–Trinajstić information content (AvgIpc) is 2.21. The number of allylic oxidation sites excluding steroid dienone is 1. The number of amidine groups is 1. The van der Waals surface area contributed by atoms with Crippen molar-refractivity contribution in [2.24, 2.45) is 10.7 Å². The number of aliphatic imine (C=N–C) groups is 1. The molecule has 0 saturated heterocycles. The highest BCUT2D eigenvalue weighted by molar-refractivity contribution is 14.1. The second-order valence-corrected chi connectivity index (χ2v) is 6.79. The van der Waals surface area contributed by atoms with Crippen molar-refractivity contribution >= 4 is 68.9 Å². The molecule has 0 aliphatic heterocycles. The Bertz CT molecular complexity index is 453. The maximum Gasteiger partial charge on any atom is 0.247 e. The molecule has 0 aliphatic rings. The molecule has 1 rings (SSSR count). The minimum Gasteiger partial charge on any atom is -0.384 e. The molecule has 0 amide bonds. The predicted octanol–water partition coefficient (Wildman–Crippen LogP) is 4.38. The maximum absolute atomic E-state index is 5.65. The Labute approximate surface area is 129 Å². The topological polar surface area (TPSA) is 38.4 Å². The lowest BCUT2D eigenvalue weighted by atomic mass is 10.1. The van der Waals surface area contributed by atoms with Crippen molar-refractivity contribution in [1.82, 2.24) is 0 Å². The predicted molar refractivity (Wildman–Crippen MR) is 84.6 cm³/mol. The zero-order valence-electron chi connectivity index (χ0n) is 8.76. The maximum atomic E-state index is 5.65. The monoisotopic (exact) mass is 402 g/mol. The quantitative estimate of drug-likeness (QED) is 0.263. The van der Waals surface area contributed by atoms with E-state index in [-0.39, 0.29) is 5.84 Å². The van der Waals surface area contributed by atoms with E-state index in [1.54, 1.807) is 6.08 Å². The normalized spacial score (nSPS) is 12.6. The van der Waals surface area contributed by atoms with Crippen LogP contribution < -0.4 is 5.73 Å². The van der Waals surface area contributed by atoms with Gasteiger partial charge in [-0.2, -0.15) is 0 Å². The van der Waals surface area contributed by atoms with Crippen molar-refractivity contribution in [2.45, 2.75) is 10.2 Å². The number of hydrogen-bond acceptors (Lipinski definition) is 1. The highest BCUT2D eigenvalue weighted by Crippen LogP contribution is 2.29. The Morgan fingerprint density at radius 2 is 2.12 bits per heavy atom. The van der Waals surface area contributed by atoms with Gasteiger partial charge in [-0.05, 0) is 52.8 Å². The SMILES string of the molecule is C=CCc1cc(I)ccc1N=C(N)C(Cl)(Cl)Cl. The third-order valence-corrected chi connectivity index (χ3v) is 3.19. The summed E-state index contributed by atoms with van der Waals surface area (Å²) in [6.07, 6.45) is 2.47. The van der Waals surface area contributed by atoms with E-state index in [0.717, 1.165) is 9.13 Å². The number of hydrogen-bond donors (Lipinski definition) is 1. The molecule has 2 N–H and O–H groups in total. The molecule has 0 atom stereocenters. The van der Waals surface area contributed by atoms with Crippen molar-refractivity contribution in [2.75, 3.05) is 0 Å². The van der Waals surface area contributed by atoms with Crippen LogP contribution in [-0.4, -0.2) is 9.63 Å². The van der Waals surface area contributed by atoms with Crippen molar-refractivity contribution in [3.05, 3.63) is 40.0 Å². The fraction of sp³-hybridized carbons (Fsp3) is 0.182. The molecular formula is C11H10Cl3IN2. The summed E-state index contributed by atoms with van der Waals surface area (Å²) in [6, 6.07) is 5.74. The molecule has 2 nitrogen and oxygen atoms in total. The molecule has 6 heteroatoms. The number of benzene rings is 1. The van der Waals surface area contributed by atoms with E-state index >= 15 is 0 Å². The Morgan fingerprint density at radius 1 is 1.47 bits per heavy atom. The summed E-state index contributed by atoms with van der Waals surface area (Å²) in [4.78, 5) is 4.14. The smallest absolute Gasteiger partial charge is 0.247 e. The summed E-state index contributed by atoms with van der Waals surface area (Å²) in [6.45, 7) is 3.69. The third kappa shape index (κ3) is 4.66. The molecule has 0 heterocycles. The van der Waals surface area contributed by atoms with E-state index in [1.807, 2.05) is 18.2 Å². The zero-order chi connectivity index (χ0) is 13.1. The van der Waals surface area contributed by atoms with Crippen molar-refractivity contribution < 1.29 is 0 Å². The van der Waals surface area contributed by atoms with Gasteiger partial charge in [-0.3, -0.25) is 0 Å². The van der Waals surface area contributed by atoms with Crippen LogP contribution in [0.25, 0.3) is 0 Å². The van der Waals surface area contributed by atoms with Crippen LogP contribution in [0, 0.1) is 3.57 Å². The van der Waals surface area contributed by atoms with Gasteiger partial charge in [0, 0.05) is 3.57 Å². The number of nitrogens with zero attached hydrogens (tertiary/aromatic N) is 1. The van der Waals surface area contributed by atoms with E-state index in [9.17, 15) is 0 Å². The van der Waals surface area contributed by atoms with Gasteiger partial charge in [-0.1, -0.05) is 40.9 Å². The van der Waals surface area contributed by atoms with E-state index in [2.05, 4.69) is 34.2 Å². The number of halogens is 4. The second-order valence-electron chi connectivity index (χ2n) is 3.26. The lowest BCUT2D eigenvalue weighted by molar-refractivity contribution is 1.24. The van der Waals surface area contributed by atoms with Gasteiger partial charge in [-0.15, -0.1) is 6.58 Å². The number of rotatable bonds is 3. The average molecular weight is 403 g/mol. The molecule has 0 spiro atoms. The van der Waals surface area contributed by atoms with Crippen LogP contribution >= 0.6 is 57.4 Å². The molecule has 0 aromatic heterocycles. The Kier molecular flexibility index (Phi) is 5.57. The summed E-state index contributed by atoms with van der Waals surface area (Å²) in [5.41, 5.74) is 7.29. The standard InChI is InChI=1S/C11H10Cl3IN2/c1-2-3-7-6-8(15)4-5-9(7)17-10(16)11(12,13)14/h2,4-6H,1,3H2,(H2,16,17). The van der Waals surface area contributed by atoms with Crippen LogP contribution in [0.4, 0.5) is 5.69 Å². The number of alkyl halides is 3. The molecule has 1 aromatic rings. The molecule has 0 saturated carbocycles. The first-order valence-electron chi connectivity index (χ1n) is 4.65. The molecular weight excluding hydrogens is 393 g/mol. The lowest BCUT2D eigenvalue weighted by Gasteiger charge is -2.11. The highest BCUT2D eigenvalue weighted by atomic mass is 127. The van der Waals surface area contributed by atoms with E-state index in [0.29, 0.717) is 12.1 Å². The third-order valence-electron chi connectivity index (χ3n) is 1.94. The minimum atomic E-state index is -1.69. The van der Waals surface area contributed by atoms with Crippen molar-refractivity contribution in [1.29, 1.82) is 0 Å². The Morgan fingerprint density at radius 3 is 2.65 bits per heavy atom. The minimum absolute atomic E-state index is 0.0472. The molecule has 0 radical (unpaired) electrons. The van der Waals surface area contributed by atoms with Gasteiger partial charge >= 0.3 is 0 Å². The molecule has 0 bridgehead atoms. The molecule has 17 heavy (non-hydrogen) atoms. The summed E-state index contributed by atoms with van der Waals surface area (Å²) in [7, 11) is 0. The Balaban J connectivity index is 3.18. The van der Waals surface area contributed by atoms with Crippen LogP contribution in [0.3, 0.4) is 0 Å². The first-order valence-corrected chi connectivity index (χ1v) is 6.86. The van der Waals surface area contributed by atoms with Gasteiger partial charge in [0.05, 0.1) is 5.69 Å². The lowest BCUT2D eigenvalue weighted by Crippen LogP contribution is -2.27. The Hall–Kier alpha value is 0.0300. The summed E-state index contributed by atoms with van der Waals surface area (Å²) in [5.74, 6) is -0.0472. The van der Waals surface area contributed by atoms with Gasteiger partial charge < -0.3 is 5.73 Å². The van der Waals surface area contributed by atoms with Crippen LogP contribution in [0.15, 0.2) is 35.8 Å². The fourth-order valence-electron chi connectivity index (χ4n) is 1.18. The molecule has 1 aromatic carbocycles. The van der Waals surface area contributed by atoms with Gasteiger partial charge in [0.15, 0.2) is 5.84 Å². The largest absolute Gasteiger partial charge is 0.384 e. The summed E-state index contributed by atoms with van der Waals surface area (Å²) < 4.78 is -0.583. The van der Waals surface area contributed by atoms with Crippen LogP contribution in [0.2, 0.25) is 0 Å². The first kappa shape index (κ1) is 15.1.